The zero-order chi connectivity index (χ0) is 8.43. The summed E-state index contributed by atoms with van der Waals surface area (Å²) in [6.07, 6.45) is 0. The van der Waals surface area contributed by atoms with Crippen LogP contribution < -0.4 is 4.74 Å². The van der Waals surface area contributed by atoms with Crippen LogP contribution in [0.25, 0.3) is 0 Å². The van der Waals surface area contributed by atoms with Crippen molar-refractivity contribution in [3.05, 3.63) is 19.8 Å². The number of ether oxygens (including phenoxy) is 1. The molecular weight excluding hydrogens is 300 g/mol. The van der Waals surface area contributed by atoms with E-state index in [0.29, 0.717) is 16.1 Å². The van der Waals surface area contributed by atoms with Crippen molar-refractivity contribution in [1.82, 2.24) is 4.98 Å². The number of hydrogen-bond acceptors (Lipinski definition) is 2. The van der Waals surface area contributed by atoms with Crippen molar-refractivity contribution in [2.24, 2.45) is 0 Å². The minimum absolute atomic E-state index is 0.340. The van der Waals surface area contributed by atoms with Gasteiger partial charge in [-0.3, -0.25) is 0 Å². The van der Waals surface area contributed by atoms with Crippen molar-refractivity contribution in [2.75, 3.05) is 7.11 Å². The van der Waals surface area contributed by atoms with E-state index in [1.807, 2.05) is 22.6 Å². The second-order valence-corrected chi connectivity index (χ2v) is 3.62. The lowest BCUT2D eigenvalue weighted by atomic mass is 10.5. The van der Waals surface area contributed by atoms with Gasteiger partial charge in [-0.1, -0.05) is 23.2 Å². The Labute approximate surface area is 88.0 Å². The van der Waals surface area contributed by atoms with Crippen LogP contribution in [0.15, 0.2) is 6.07 Å². The molecule has 0 saturated carbocycles. The van der Waals surface area contributed by atoms with Gasteiger partial charge in [0, 0.05) is 0 Å². The number of pyridine rings is 1. The third-order valence-electron chi connectivity index (χ3n) is 1.04. The van der Waals surface area contributed by atoms with Crippen LogP contribution in [-0.4, -0.2) is 12.1 Å². The van der Waals surface area contributed by atoms with Crippen molar-refractivity contribution >= 4 is 45.8 Å². The highest BCUT2D eigenvalue weighted by atomic mass is 127. The summed E-state index contributed by atoms with van der Waals surface area (Å²) >= 11 is 13.5. The van der Waals surface area contributed by atoms with Crippen molar-refractivity contribution in [3.8, 4) is 5.88 Å². The van der Waals surface area contributed by atoms with E-state index in [1.165, 1.54) is 7.11 Å². The molecule has 1 aromatic heterocycles. The van der Waals surface area contributed by atoms with Crippen molar-refractivity contribution in [2.45, 2.75) is 0 Å². The molecule has 1 aromatic rings. The standard InChI is InChI=1S/C6H4Cl2INO/c1-11-6-5(9)3(7)2-4(8)10-6/h2H,1H3. The number of rotatable bonds is 1. The van der Waals surface area contributed by atoms with E-state index in [9.17, 15) is 0 Å². The lowest BCUT2D eigenvalue weighted by Gasteiger charge is -2.02. The van der Waals surface area contributed by atoms with Crippen LogP contribution >= 0.6 is 45.8 Å². The highest BCUT2D eigenvalue weighted by molar-refractivity contribution is 14.1. The van der Waals surface area contributed by atoms with Crippen LogP contribution in [-0.2, 0) is 0 Å². The monoisotopic (exact) mass is 303 g/mol. The van der Waals surface area contributed by atoms with Crippen molar-refractivity contribution in [3.63, 3.8) is 0 Å². The molecule has 1 rings (SSSR count). The molecule has 0 radical (unpaired) electrons. The largest absolute Gasteiger partial charge is 0.480 e. The maximum absolute atomic E-state index is 5.79. The Morgan fingerprint density at radius 1 is 1.55 bits per heavy atom. The second-order valence-electron chi connectivity index (χ2n) is 1.75. The van der Waals surface area contributed by atoms with Crippen LogP contribution in [0, 0.1) is 3.57 Å². The highest BCUT2D eigenvalue weighted by Gasteiger charge is 2.07. The molecule has 0 spiro atoms. The molecular formula is C6H4Cl2INO. The van der Waals surface area contributed by atoms with Gasteiger partial charge in [-0.05, 0) is 28.7 Å². The molecule has 60 valence electrons. The van der Waals surface area contributed by atoms with Gasteiger partial charge in [-0.25, -0.2) is 4.98 Å². The highest BCUT2D eigenvalue weighted by Crippen LogP contribution is 2.28. The summed E-state index contributed by atoms with van der Waals surface area (Å²) in [6.45, 7) is 0. The predicted octanol–water partition coefficient (Wildman–Crippen LogP) is 3.00. The molecule has 0 bridgehead atoms. The SMILES string of the molecule is COc1nc(Cl)cc(Cl)c1I. The summed E-state index contributed by atoms with van der Waals surface area (Å²) in [7, 11) is 1.52. The van der Waals surface area contributed by atoms with Crippen LogP contribution in [0.1, 0.15) is 0 Å². The van der Waals surface area contributed by atoms with Gasteiger partial charge in [-0.15, -0.1) is 0 Å². The van der Waals surface area contributed by atoms with Gasteiger partial charge < -0.3 is 4.74 Å². The molecule has 0 aliphatic carbocycles. The van der Waals surface area contributed by atoms with Crippen LogP contribution in [0.3, 0.4) is 0 Å². The van der Waals surface area contributed by atoms with Crippen LogP contribution in [0.2, 0.25) is 10.2 Å². The quantitative estimate of drug-likeness (QED) is 0.588. The first kappa shape index (κ1) is 9.35. The Morgan fingerprint density at radius 2 is 2.18 bits per heavy atom. The van der Waals surface area contributed by atoms with E-state index in [0.717, 1.165) is 3.57 Å². The summed E-state index contributed by atoms with van der Waals surface area (Å²) in [4.78, 5) is 3.90. The molecule has 0 N–H and O–H groups in total. The Morgan fingerprint density at radius 3 is 2.73 bits per heavy atom. The fraction of sp³-hybridized carbons (Fsp3) is 0.167. The van der Waals surface area contributed by atoms with E-state index in [1.54, 1.807) is 6.07 Å². The third-order valence-corrected chi connectivity index (χ3v) is 2.90. The number of hydrogen-bond donors (Lipinski definition) is 0. The predicted molar refractivity (Wildman–Crippen MR) is 53.5 cm³/mol. The van der Waals surface area contributed by atoms with Gasteiger partial charge in [0.2, 0.25) is 5.88 Å². The van der Waals surface area contributed by atoms with E-state index in [2.05, 4.69) is 4.98 Å². The molecule has 0 aliphatic rings. The van der Waals surface area contributed by atoms with Gasteiger partial charge in [0.1, 0.15) is 5.15 Å². The molecule has 0 aliphatic heterocycles. The third kappa shape index (κ3) is 2.10. The summed E-state index contributed by atoms with van der Waals surface area (Å²) in [6, 6.07) is 1.58. The Kier molecular flexibility index (Phi) is 3.21. The van der Waals surface area contributed by atoms with Crippen molar-refractivity contribution < 1.29 is 4.74 Å². The molecule has 0 amide bonds. The summed E-state index contributed by atoms with van der Waals surface area (Å²) in [5.74, 6) is 0.461. The summed E-state index contributed by atoms with van der Waals surface area (Å²) in [5, 5.41) is 0.898. The number of aromatic nitrogens is 1. The molecule has 0 saturated heterocycles. The topological polar surface area (TPSA) is 22.1 Å². The second kappa shape index (κ2) is 3.78. The molecule has 0 aromatic carbocycles. The molecule has 11 heavy (non-hydrogen) atoms. The summed E-state index contributed by atoms with van der Waals surface area (Å²) < 4.78 is 5.69. The molecule has 0 unspecified atom stereocenters. The zero-order valence-electron chi connectivity index (χ0n) is 5.57. The molecule has 0 atom stereocenters. The number of nitrogens with zero attached hydrogens (tertiary/aromatic N) is 1. The molecule has 2 nitrogen and oxygen atoms in total. The lowest BCUT2D eigenvalue weighted by molar-refractivity contribution is 0.395. The van der Waals surface area contributed by atoms with E-state index in [-0.39, 0.29) is 0 Å². The Balaban J connectivity index is 3.24. The average Bonchev–Trinajstić information content (AvgIpc) is 1.96. The summed E-state index contributed by atoms with van der Waals surface area (Å²) in [5.41, 5.74) is 0. The Hall–Kier alpha value is 0.260. The first-order valence-electron chi connectivity index (χ1n) is 2.70. The Bertz CT molecular complexity index is 280. The van der Waals surface area contributed by atoms with Crippen molar-refractivity contribution in [1.29, 1.82) is 0 Å². The maximum atomic E-state index is 5.79. The van der Waals surface area contributed by atoms with Gasteiger partial charge in [-0.2, -0.15) is 0 Å². The van der Waals surface area contributed by atoms with Crippen LogP contribution in [0.4, 0.5) is 0 Å². The molecule has 0 fully saturated rings. The maximum Gasteiger partial charge on any atom is 0.229 e. The number of halogens is 3. The van der Waals surface area contributed by atoms with Gasteiger partial charge in [0.15, 0.2) is 0 Å². The van der Waals surface area contributed by atoms with Gasteiger partial charge in [0.25, 0.3) is 0 Å². The smallest absolute Gasteiger partial charge is 0.229 e. The fourth-order valence-corrected chi connectivity index (χ4v) is 1.51. The van der Waals surface area contributed by atoms with E-state index >= 15 is 0 Å². The lowest BCUT2D eigenvalue weighted by Crippen LogP contribution is -1.91. The van der Waals surface area contributed by atoms with Gasteiger partial charge >= 0.3 is 0 Å². The minimum Gasteiger partial charge on any atom is -0.480 e. The van der Waals surface area contributed by atoms with Crippen LogP contribution in [0.5, 0.6) is 5.88 Å². The van der Waals surface area contributed by atoms with Gasteiger partial charge in [0.05, 0.1) is 15.7 Å². The average molecular weight is 304 g/mol. The first-order chi connectivity index (χ1) is 5.15. The van der Waals surface area contributed by atoms with E-state index < -0.39 is 0 Å². The normalized spacial score (nSPS) is 9.82. The molecule has 1 heterocycles. The minimum atomic E-state index is 0.340. The fourth-order valence-electron chi connectivity index (χ4n) is 0.584. The van der Waals surface area contributed by atoms with E-state index in [4.69, 9.17) is 27.9 Å². The first-order valence-corrected chi connectivity index (χ1v) is 4.54. The molecule has 5 heteroatoms. The number of methoxy groups -OCH3 is 1. The zero-order valence-corrected chi connectivity index (χ0v) is 9.24.